The first-order valence-corrected chi connectivity index (χ1v) is 8.03. The number of amides is 2. The van der Waals surface area contributed by atoms with Crippen molar-refractivity contribution in [2.24, 2.45) is 0 Å². The zero-order valence-electron chi connectivity index (χ0n) is 13.8. The van der Waals surface area contributed by atoms with Crippen LogP contribution in [0.15, 0.2) is 24.3 Å². The summed E-state index contributed by atoms with van der Waals surface area (Å²) in [5.74, 6) is 0. The number of urea groups is 1. The molecule has 122 valence electrons. The zero-order valence-corrected chi connectivity index (χ0v) is 13.8. The van der Waals surface area contributed by atoms with Crippen molar-refractivity contribution in [3.8, 4) is 0 Å². The molecule has 0 saturated carbocycles. The number of aliphatic hydroxyl groups is 1. The molecule has 0 bridgehead atoms. The van der Waals surface area contributed by atoms with Crippen LogP contribution in [0.2, 0.25) is 0 Å². The molecule has 1 aromatic carbocycles. The molecule has 1 aliphatic heterocycles. The number of rotatable bonds is 5. The molecule has 22 heavy (non-hydrogen) atoms. The number of para-hydroxylation sites is 2. The highest BCUT2D eigenvalue weighted by Gasteiger charge is 2.23. The lowest BCUT2D eigenvalue weighted by Crippen LogP contribution is -2.44. The third kappa shape index (κ3) is 4.37. The van der Waals surface area contributed by atoms with Crippen molar-refractivity contribution in [3.05, 3.63) is 24.3 Å². The van der Waals surface area contributed by atoms with Crippen LogP contribution in [-0.4, -0.2) is 47.8 Å². The van der Waals surface area contributed by atoms with Crippen LogP contribution in [0.1, 0.15) is 33.6 Å². The molecule has 0 unspecified atom stereocenters. The molecule has 1 aromatic rings. The molecule has 2 N–H and O–H groups in total. The summed E-state index contributed by atoms with van der Waals surface area (Å²) >= 11 is 0. The Morgan fingerprint density at radius 3 is 2.55 bits per heavy atom. The molecular weight excluding hydrogens is 278 g/mol. The van der Waals surface area contributed by atoms with Gasteiger partial charge >= 0.3 is 6.03 Å². The minimum absolute atomic E-state index is 0.170. The Labute approximate surface area is 132 Å². The van der Waals surface area contributed by atoms with Crippen molar-refractivity contribution >= 4 is 17.4 Å². The summed E-state index contributed by atoms with van der Waals surface area (Å²) < 4.78 is 0. The highest BCUT2D eigenvalue weighted by molar-refractivity contribution is 5.93. The first kappa shape index (κ1) is 16.6. The SMILES string of the molecule is CCN(CC(C)(C)O)C(=O)Nc1ccccc1N1CCCC1. The van der Waals surface area contributed by atoms with Gasteiger partial charge in [0.25, 0.3) is 0 Å². The molecular formula is C17H27N3O2. The highest BCUT2D eigenvalue weighted by atomic mass is 16.3. The summed E-state index contributed by atoms with van der Waals surface area (Å²) in [6, 6.07) is 7.74. The maximum Gasteiger partial charge on any atom is 0.321 e. The van der Waals surface area contributed by atoms with E-state index in [2.05, 4.69) is 10.2 Å². The van der Waals surface area contributed by atoms with Gasteiger partial charge in [-0.3, -0.25) is 0 Å². The molecule has 0 aliphatic carbocycles. The summed E-state index contributed by atoms with van der Waals surface area (Å²) in [4.78, 5) is 16.4. The second-order valence-corrected chi connectivity index (χ2v) is 6.47. The molecule has 1 heterocycles. The lowest BCUT2D eigenvalue weighted by Gasteiger charge is -2.29. The average Bonchev–Trinajstić information content (AvgIpc) is 2.98. The van der Waals surface area contributed by atoms with Gasteiger partial charge in [-0.05, 0) is 45.7 Å². The zero-order chi connectivity index (χ0) is 16.2. The van der Waals surface area contributed by atoms with E-state index in [9.17, 15) is 9.90 Å². The van der Waals surface area contributed by atoms with Crippen LogP contribution in [0.5, 0.6) is 0 Å². The summed E-state index contributed by atoms with van der Waals surface area (Å²) in [7, 11) is 0. The molecule has 0 radical (unpaired) electrons. The van der Waals surface area contributed by atoms with Crippen molar-refractivity contribution in [2.75, 3.05) is 36.4 Å². The Morgan fingerprint density at radius 1 is 1.32 bits per heavy atom. The summed E-state index contributed by atoms with van der Waals surface area (Å²) in [5, 5.41) is 12.9. The number of hydrogen-bond acceptors (Lipinski definition) is 3. The van der Waals surface area contributed by atoms with Gasteiger partial charge in [0.2, 0.25) is 0 Å². The predicted octanol–water partition coefficient (Wildman–Crippen LogP) is 2.91. The molecule has 1 fully saturated rings. The second-order valence-electron chi connectivity index (χ2n) is 6.47. The highest BCUT2D eigenvalue weighted by Crippen LogP contribution is 2.28. The molecule has 0 spiro atoms. The maximum absolute atomic E-state index is 12.5. The van der Waals surface area contributed by atoms with Gasteiger partial charge in [0, 0.05) is 19.6 Å². The number of carbonyl (C=O) groups is 1. The lowest BCUT2D eigenvalue weighted by atomic mass is 10.1. The third-order valence-corrected chi connectivity index (χ3v) is 3.84. The quantitative estimate of drug-likeness (QED) is 0.879. The minimum atomic E-state index is -0.901. The van der Waals surface area contributed by atoms with Crippen molar-refractivity contribution in [1.82, 2.24) is 4.90 Å². The van der Waals surface area contributed by atoms with Gasteiger partial charge in [0.15, 0.2) is 0 Å². The number of nitrogens with one attached hydrogen (secondary N) is 1. The lowest BCUT2D eigenvalue weighted by molar-refractivity contribution is 0.0501. The van der Waals surface area contributed by atoms with Gasteiger partial charge < -0.3 is 20.2 Å². The normalized spacial score (nSPS) is 15.0. The molecule has 0 atom stereocenters. The Kier molecular flexibility index (Phi) is 5.29. The first-order chi connectivity index (χ1) is 10.4. The summed E-state index contributed by atoms with van der Waals surface area (Å²) in [5.41, 5.74) is 1.01. The molecule has 1 aliphatic rings. The van der Waals surface area contributed by atoms with Gasteiger partial charge in [0.05, 0.1) is 23.5 Å². The number of hydrogen-bond donors (Lipinski definition) is 2. The molecule has 2 amide bonds. The van der Waals surface area contributed by atoms with Crippen LogP contribution < -0.4 is 10.2 Å². The van der Waals surface area contributed by atoms with Crippen LogP contribution in [-0.2, 0) is 0 Å². The van der Waals surface area contributed by atoms with E-state index in [4.69, 9.17) is 0 Å². The van der Waals surface area contributed by atoms with Gasteiger partial charge in [-0.1, -0.05) is 12.1 Å². The summed E-state index contributed by atoms with van der Waals surface area (Å²) in [6.45, 7) is 8.27. The van der Waals surface area contributed by atoms with Crippen LogP contribution in [0, 0.1) is 0 Å². The Balaban J connectivity index is 2.10. The minimum Gasteiger partial charge on any atom is -0.389 e. The fourth-order valence-corrected chi connectivity index (χ4v) is 2.80. The number of benzene rings is 1. The van der Waals surface area contributed by atoms with Crippen molar-refractivity contribution < 1.29 is 9.90 Å². The van der Waals surface area contributed by atoms with Gasteiger partial charge in [-0.2, -0.15) is 0 Å². The molecule has 2 rings (SSSR count). The fourth-order valence-electron chi connectivity index (χ4n) is 2.80. The largest absolute Gasteiger partial charge is 0.389 e. The standard InChI is InChI=1S/C17H27N3O2/c1-4-19(13-17(2,3)22)16(21)18-14-9-5-6-10-15(14)20-11-7-8-12-20/h5-6,9-10,22H,4,7-8,11-13H2,1-3H3,(H,18,21). The van der Waals surface area contributed by atoms with E-state index in [1.165, 1.54) is 12.8 Å². The van der Waals surface area contributed by atoms with E-state index in [1.807, 2.05) is 31.2 Å². The fraction of sp³-hybridized carbons (Fsp3) is 0.588. The van der Waals surface area contributed by atoms with E-state index in [1.54, 1.807) is 18.7 Å². The van der Waals surface area contributed by atoms with E-state index >= 15 is 0 Å². The van der Waals surface area contributed by atoms with Crippen LogP contribution in [0.3, 0.4) is 0 Å². The van der Waals surface area contributed by atoms with Crippen LogP contribution >= 0.6 is 0 Å². The molecule has 1 saturated heterocycles. The molecule has 5 heteroatoms. The smallest absolute Gasteiger partial charge is 0.321 e. The number of likely N-dealkylation sites (N-methyl/N-ethyl adjacent to an activating group) is 1. The first-order valence-electron chi connectivity index (χ1n) is 8.03. The Hall–Kier alpha value is -1.75. The van der Waals surface area contributed by atoms with Gasteiger partial charge in [-0.15, -0.1) is 0 Å². The Bertz CT molecular complexity index is 505. The molecule has 0 aromatic heterocycles. The van der Waals surface area contributed by atoms with Gasteiger partial charge in [0.1, 0.15) is 0 Å². The van der Waals surface area contributed by atoms with Crippen LogP contribution in [0.25, 0.3) is 0 Å². The van der Waals surface area contributed by atoms with Gasteiger partial charge in [-0.25, -0.2) is 4.79 Å². The summed E-state index contributed by atoms with van der Waals surface area (Å²) in [6.07, 6.45) is 2.39. The van der Waals surface area contributed by atoms with Crippen molar-refractivity contribution in [3.63, 3.8) is 0 Å². The number of anilines is 2. The van der Waals surface area contributed by atoms with Crippen molar-refractivity contribution in [2.45, 2.75) is 39.2 Å². The monoisotopic (exact) mass is 305 g/mol. The second kappa shape index (κ2) is 7.01. The topological polar surface area (TPSA) is 55.8 Å². The Morgan fingerprint density at radius 2 is 1.95 bits per heavy atom. The van der Waals surface area contributed by atoms with Crippen LogP contribution in [0.4, 0.5) is 16.2 Å². The van der Waals surface area contributed by atoms with Crippen molar-refractivity contribution in [1.29, 1.82) is 0 Å². The van der Waals surface area contributed by atoms with E-state index in [0.717, 1.165) is 24.5 Å². The van der Waals surface area contributed by atoms with E-state index in [0.29, 0.717) is 13.1 Å². The average molecular weight is 305 g/mol. The predicted molar refractivity (Wildman–Crippen MR) is 90.5 cm³/mol. The van der Waals surface area contributed by atoms with E-state index in [-0.39, 0.29) is 6.03 Å². The number of carbonyl (C=O) groups excluding carboxylic acids is 1. The number of nitrogens with zero attached hydrogens (tertiary/aromatic N) is 2. The maximum atomic E-state index is 12.5. The third-order valence-electron chi connectivity index (χ3n) is 3.84. The molecule has 5 nitrogen and oxygen atoms in total. The van der Waals surface area contributed by atoms with E-state index < -0.39 is 5.60 Å².